The molecule has 0 atom stereocenters. The molecule has 0 saturated carbocycles. The summed E-state index contributed by atoms with van der Waals surface area (Å²) in [6.07, 6.45) is 4.25. The van der Waals surface area contributed by atoms with Gasteiger partial charge in [0.25, 0.3) is 11.8 Å². The van der Waals surface area contributed by atoms with Gasteiger partial charge in [0, 0.05) is 38.3 Å². The molecule has 0 fully saturated rings. The maximum absolute atomic E-state index is 11.7. The summed E-state index contributed by atoms with van der Waals surface area (Å²) in [4.78, 5) is 35.3. The van der Waals surface area contributed by atoms with E-state index in [0.29, 0.717) is 13.2 Å². The van der Waals surface area contributed by atoms with Crippen LogP contribution in [-0.4, -0.2) is 47.9 Å². The molecule has 6 heteroatoms. The van der Waals surface area contributed by atoms with Crippen molar-refractivity contribution < 1.29 is 19.1 Å². The highest BCUT2D eigenvalue weighted by atomic mass is 16.5. The first-order valence-electron chi connectivity index (χ1n) is 7.30. The van der Waals surface area contributed by atoms with Crippen molar-refractivity contribution in [3.63, 3.8) is 0 Å². The molecule has 1 rings (SSSR count). The highest BCUT2D eigenvalue weighted by Crippen LogP contribution is 2.15. The maximum atomic E-state index is 11.7. The Hall–Kier alpha value is -1.69. The molecule has 3 amide bonds. The largest absolute Gasteiger partial charge is 0.376 e. The standard InChI is InChI=1S/C15H24N2O4/c1-4-21-15(2,3)9-5-10-16-12(18)8-11-17-13(19)6-7-14(17)20/h6-7H,4-5,8-11H2,1-3H3,(H,16,18). The molecule has 0 saturated heterocycles. The molecule has 1 N–H and O–H groups in total. The number of nitrogens with zero attached hydrogens (tertiary/aromatic N) is 1. The second kappa shape index (κ2) is 7.93. The second-order valence-corrected chi connectivity index (χ2v) is 5.56. The summed E-state index contributed by atoms with van der Waals surface area (Å²) in [6.45, 7) is 7.37. The molecule has 1 aliphatic rings. The van der Waals surface area contributed by atoms with Crippen molar-refractivity contribution >= 4 is 17.7 Å². The third kappa shape index (κ3) is 6.08. The van der Waals surface area contributed by atoms with E-state index >= 15 is 0 Å². The molecule has 0 aromatic carbocycles. The molecule has 118 valence electrons. The quantitative estimate of drug-likeness (QED) is 0.509. The van der Waals surface area contributed by atoms with Crippen LogP contribution in [0.25, 0.3) is 0 Å². The minimum absolute atomic E-state index is 0.126. The number of imide groups is 1. The van der Waals surface area contributed by atoms with Crippen LogP contribution >= 0.6 is 0 Å². The van der Waals surface area contributed by atoms with Gasteiger partial charge < -0.3 is 10.1 Å². The molecule has 0 bridgehead atoms. The number of ether oxygens (including phenoxy) is 1. The van der Waals surface area contributed by atoms with E-state index in [4.69, 9.17) is 4.74 Å². The van der Waals surface area contributed by atoms with Gasteiger partial charge >= 0.3 is 0 Å². The Morgan fingerprint density at radius 2 is 1.90 bits per heavy atom. The van der Waals surface area contributed by atoms with Gasteiger partial charge in [0.15, 0.2) is 0 Å². The monoisotopic (exact) mass is 296 g/mol. The number of carbonyl (C=O) groups excluding carboxylic acids is 3. The predicted molar refractivity (Wildman–Crippen MR) is 78.4 cm³/mol. The Morgan fingerprint density at radius 3 is 2.48 bits per heavy atom. The van der Waals surface area contributed by atoms with Gasteiger partial charge in [-0.1, -0.05) is 0 Å². The molecular weight excluding hydrogens is 272 g/mol. The number of carbonyl (C=O) groups is 3. The van der Waals surface area contributed by atoms with Crippen molar-refractivity contribution in [1.29, 1.82) is 0 Å². The first-order chi connectivity index (χ1) is 9.85. The lowest BCUT2D eigenvalue weighted by Gasteiger charge is -2.24. The van der Waals surface area contributed by atoms with E-state index in [1.165, 1.54) is 12.2 Å². The predicted octanol–water partition coefficient (Wildman–Crippen LogP) is 1.01. The first kappa shape index (κ1) is 17.4. The highest BCUT2D eigenvalue weighted by Gasteiger charge is 2.23. The average Bonchev–Trinajstić information content (AvgIpc) is 2.72. The van der Waals surface area contributed by atoms with Gasteiger partial charge in [-0.05, 0) is 33.6 Å². The minimum Gasteiger partial charge on any atom is -0.376 e. The summed E-state index contributed by atoms with van der Waals surface area (Å²) >= 11 is 0. The van der Waals surface area contributed by atoms with Crippen LogP contribution in [0.2, 0.25) is 0 Å². The van der Waals surface area contributed by atoms with Gasteiger partial charge in [-0.25, -0.2) is 0 Å². The van der Waals surface area contributed by atoms with Crippen LogP contribution in [0.1, 0.15) is 40.0 Å². The molecule has 0 aromatic rings. The smallest absolute Gasteiger partial charge is 0.253 e. The molecule has 0 spiro atoms. The Morgan fingerprint density at radius 1 is 1.29 bits per heavy atom. The van der Waals surface area contributed by atoms with Crippen LogP contribution in [0.15, 0.2) is 12.2 Å². The van der Waals surface area contributed by atoms with Gasteiger partial charge in [-0.15, -0.1) is 0 Å². The zero-order chi connectivity index (χ0) is 15.9. The number of hydrogen-bond acceptors (Lipinski definition) is 4. The molecule has 0 radical (unpaired) electrons. The first-order valence-corrected chi connectivity index (χ1v) is 7.30. The van der Waals surface area contributed by atoms with Gasteiger partial charge in [-0.3, -0.25) is 19.3 Å². The normalized spacial score (nSPS) is 14.9. The summed E-state index contributed by atoms with van der Waals surface area (Å²) in [5.41, 5.74) is -0.181. The number of nitrogens with one attached hydrogen (secondary N) is 1. The molecule has 0 unspecified atom stereocenters. The Balaban J connectivity index is 2.15. The fourth-order valence-corrected chi connectivity index (χ4v) is 2.16. The Kier molecular flexibility index (Phi) is 6.55. The lowest BCUT2D eigenvalue weighted by atomic mass is 10.0. The van der Waals surface area contributed by atoms with Crippen LogP contribution in [0.5, 0.6) is 0 Å². The summed E-state index contributed by atoms with van der Waals surface area (Å²) < 4.78 is 5.57. The van der Waals surface area contributed by atoms with Crippen LogP contribution in [-0.2, 0) is 19.1 Å². The fourth-order valence-electron chi connectivity index (χ4n) is 2.16. The molecule has 0 aliphatic carbocycles. The van der Waals surface area contributed by atoms with E-state index < -0.39 is 0 Å². The Bertz CT molecular complexity index is 411. The third-order valence-electron chi connectivity index (χ3n) is 3.28. The zero-order valence-corrected chi connectivity index (χ0v) is 13.0. The van der Waals surface area contributed by atoms with E-state index in [1.807, 2.05) is 20.8 Å². The van der Waals surface area contributed by atoms with E-state index in [1.54, 1.807) is 0 Å². The van der Waals surface area contributed by atoms with Gasteiger partial charge in [0.2, 0.25) is 5.91 Å². The van der Waals surface area contributed by atoms with Crippen LogP contribution in [0, 0.1) is 0 Å². The van der Waals surface area contributed by atoms with Crippen molar-refractivity contribution in [2.24, 2.45) is 0 Å². The minimum atomic E-state index is -0.355. The molecular formula is C15H24N2O4. The average molecular weight is 296 g/mol. The summed E-state index contributed by atoms with van der Waals surface area (Å²) in [6, 6.07) is 0. The van der Waals surface area contributed by atoms with Crippen molar-refractivity contribution in [3.8, 4) is 0 Å². The van der Waals surface area contributed by atoms with Gasteiger partial charge in [0.1, 0.15) is 0 Å². The third-order valence-corrected chi connectivity index (χ3v) is 3.28. The molecule has 6 nitrogen and oxygen atoms in total. The highest BCUT2D eigenvalue weighted by molar-refractivity contribution is 6.13. The number of hydrogen-bond donors (Lipinski definition) is 1. The second-order valence-electron chi connectivity index (χ2n) is 5.56. The van der Waals surface area contributed by atoms with Gasteiger partial charge in [-0.2, -0.15) is 0 Å². The zero-order valence-electron chi connectivity index (χ0n) is 13.0. The van der Waals surface area contributed by atoms with E-state index in [0.717, 1.165) is 17.7 Å². The lowest BCUT2D eigenvalue weighted by molar-refractivity contribution is -0.137. The van der Waals surface area contributed by atoms with E-state index in [9.17, 15) is 14.4 Å². The maximum Gasteiger partial charge on any atom is 0.253 e. The number of amides is 3. The van der Waals surface area contributed by atoms with Crippen molar-refractivity contribution in [3.05, 3.63) is 12.2 Å². The summed E-state index contributed by atoms with van der Waals surface area (Å²) in [5.74, 6) is -0.866. The van der Waals surface area contributed by atoms with E-state index in [2.05, 4.69) is 5.32 Å². The van der Waals surface area contributed by atoms with Crippen molar-refractivity contribution in [1.82, 2.24) is 10.2 Å². The van der Waals surface area contributed by atoms with Crippen LogP contribution in [0.3, 0.4) is 0 Å². The SMILES string of the molecule is CCOC(C)(C)CCCNC(=O)CCN1C(=O)C=CC1=O. The topological polar surface area (TPSA) is 75.7 Å². The van der Waals surface area contributed by atoms with Crippen molar-refractivity contribution in [2.75, 3.05) is 19.7 Å². The molecule has 1 aliphatic heterocycles. The molecule has 0 aromatic heterocycles. The summed E-state index contributed by atoms with van der Waals surface area (Å²) in [7, 11) is 0. The molecule has 21 heavy (non-hydrogen) atoms. The lowest BCUT2D eigenvalue weighted by Crippen LogP contribution is -2.35. The van der Waals surface area contributed by atoms with Gasteiger partial charge in [0.05, 0.1) is 5.60 Å². The fraction of sp³-hybridized carbons (Fsp3) is 0.667. The Labute approximate surface area is 125 Å². The summed E-state index contributed by atoms with van der Waals surface area (Å²) in [5, 5.41) is 2.79. The van der Waals surface area contributed by atoms with Crippen LogP contribution < -0.4 is 5.32 Å². The molecule has 1 heterocycles. The van der Waals surface area contributed by atoms with Crippen molar-refractivity contribution in [2.45, 2.75) is 45.6 Å². The van der Waals surface area contributed by atoms with Crippen LogP contribution in [0.4, 0.5) is 0 Å². The number of rotatable bonds is 9. The van der Waals surface area contributed by atoms with E-state index in [-0.39, 0.29) is 36.3 Å².